The van der Waals surface area contributed by atoms with Crippen molar-refractivity contribution in [3.8, 4) is 28.6 Å². The monoisotopic (exact) mass is 319 g/mol. The second-order valence-corrected chi connectivity index (χ2v) is 5.48. The summed E-state index contributed by atoms with van der Waals surface area (Å²) in [7, 11) is 3.72. The summed E-state index contributed by atoms with van der Waals surface area (Å²) in [5, 5.41) is 10.5. The Kier molecular flexibility index (Phi) is 5.79. The lowest BCUT2D eigenvalue weighted by Gasteiger charge is -2.12. The van der Waals surface area contributed by atoms with Crippen LogP contribution in [0.3, 0.4) is 0 Å². The Bertz CT molecular complexity index is 634. The van der Waals surface area contributed by atoms with Gasteiger partial charge in [0.2, 0.25) is 11.6 Å². The van der Waals surface area contributed by atoms with E-state index in [0.29, 0.717) is 24.7 Å². The molecule has 0 radical (unpaired) electrons. The fraction of sp³-hybridized carbons (Fsp3) is 0.444. The summed E-state index contributed by atoms with van der Waals surface area (Å²) in [6, 6.07) is 7.64. The zero-order chi connectivity index (χ0) is 16.8. The standard InChI is InChI=1S/C18H25NO4/c1-5-7-11-22-14-10-8-9-13(12-14)15-16(20)18(21-6-2)23-17(15)19(3)4/h8-10,12,20H,5-7,11H2,1-4H3. The van der Waals surface area contributed by atoms with Gasteiger partial charge in [0.1, 0.15) is 5.75 Å². The van der Waals surface area contributed by atoms with E-state index in [-0.39, 0.29) is 11.7 Å². The van der Waals surface area contributed by atoms with Gasteiger partial charge in [-0.25, -0.2) is 0 Å². The van der Waals surface area contributed by atoms with Crippen molar-refractivity contribution in [1.29, 1.82) is 0 Å². The van der Waals surface area contributed by atoms with Crippen molar-refractivity contribution in [3.63, 3.8) is 0 Å². The molecule has 5 nitrogen and oxygen atoms in total. The molecular weight excluding hydrogens is 294 g/mol. The number of unbranched alkanes of at least 4 members (excludes halogenated alkanes) is 1. The highest BCUT2D eigenvalue weighted by atomic mass is 16.6. The number of rotatable bonds is 8. The number of anilines is 1. The maximum absolute atomic E-state index is 10.5. The minimum absolute atomic E-state index is 0.0151. The van der Waals surface area contributed by atoms with Gasteiger partial charge in [-0.2, -0.15) is 0 Å². The van der Waals surface area contributed by atoms with Crippen molar-refractivity contribution in [2.45, 2.75) is 26.7 Å². The van der Waals surface area contributed by atoms with Crippen LogP contribution in [0.15, 0.2) is 28.7 Å². The van der Waals surface area contributed by atoms with Crippen LogP contribution >= 0.6 is 0 Å². The molecule has 2 rings (SSSR count). The first-order valence-corrected chi connectivity index (χ1v) is 7.97. The second kappa shape index (κ2) is 7.81. The van der Waals surface area contributed by atoms with E-state index in [1.54, 1.807) is 0 Å². The van der Waals surface area contributed by atoms with Gasteiger partial charge in [0.15, 0.2) is 0 Å². The van der Waals surface area contributed by atoms with E-state index < -0.39 is 0 Å². The molecule has 0 aliphatic rings. The average molecular weight is 319 g/mol. The fourth-order valence-electron chi connectivity index (χ4n) is 2.27. The Hall–Kier alpha value is -2.30. The van der Waals surface area contributed by atoms with Crippen LogP contribution in [-0.2, 0) is 0 Å². The molecule has 0 unspecified atom stereocenters. The molecule has 23 heavy (non-hydrogen) atoms. The van der Waals surface area contributed by atoms with E-state index in [4.69, 9.17) is 13.9 Å². The molecule has 1 N–H and O–H groups in total. The maximum Gasteiger partial charge on any atom is 0.330 e. The molecule has 0 saturated carbocycles. The van der Waals surface area contributed by atoms with Gasteiger partial charge in [-0.05, 0) is 31.0 Å². The predicted octanol–water partition coefficient (Wildman–Crippen LogP) is 4.30. The molecule has 0 aliphatic carbocycles. The molecule has 1 aromatic carbocycles. The third-order valence-corrected chi connectivity index (χ3v) is 3.40. The van der Waals surface area contributed by atoms with Crippen molar-refractivity contribution in [1.82, 2.24) is 0 Å². The van der Waals surface area contributed by atoms with Crippen molar-refractivity contribution in [2.24, 2.45) is 0 Å². The first-order chi connectivity index (χ1) is 11.1. The van der Waals surface area contributed by atoms with Crippen LogP contribution in [0.25, 0.3) is 11.1 Å². The van der Waals surface area contributed by atoms with Crippen LogP contribution in [0.5, 0.6) is 17.4 Å². The molecule has 1 aromatic heterocycles. The Labute approximate surface area is 137 Å². The molecule has 2 aromatic rings. The first kappa shape index (κ1) is 17.1. The average Bonchev–Trinajstić information content (AvgIpc) is 2.86. The highest BCUT2D eigenvalue weighted by Gasteiger charge is 2.24. The molecule has 0 bridgehead atoms. The number of ether oxygens (including phenoxy) is 2. The topological polar surface area (TPSA) is 55.1 Å². The summed E-state index contributed by atoms with van der Waals surface area (Å²) in [6.07, 6.45) is 2.10. The molecule has 126 valence electrons. The molecule has 5 heteroatoms. The minimum Gasteiger partial charge on any atom is -0.501 e. The normalized spacial score (nSPS) is 10.6. The minimum atomic E-state index is 0.0151. The van der Waals surface area contributed by atoms with Gasteiger partial charge in [-0.15, -0.1) is 0 Å². The third-order valence-electron chi connectivity index (χ3n) is 3.40. The van der Waals surface area contributed by atoms with Gasteiger partial charge < -0.3 is 23.9 Å². The third kappa shape index (κ3) is 3.92. The van der Waals surface area contributed by atoms with Gasteiger partial charge >= 0.3 is 5.95 Å². The zero-order valence-corrected chi connectivity index (χ0v) is 14.3. The lowest BCUT2D eigenvalue weighted by Crippen LogP contribution is -2.08. The number of aromatic hydroxyl groups is 1. The zero-order valence-electron chi connectivity index (χ0n) is 14.3. The molecule has 0 amide bonds. The van der Waals surface area contributed by atoms with Crippen LogP contribution in [0.2, 0.25) is 0 Å². The number of hydrogen-bond acceptors (Lipinski definition) is 5. The van der Waals surface area contributed by atoms with E-state index in [9.17, 15) is 5.11 Å². The van der Waals surface area contributed by atoms with Crippen LogP contribution in [0, 0.1) is 0 Å². The molecule has 0 atom stereocenters. The first-order valence-electron chi connectivity index (χ1n) is 7.97. The molecular formula is C18H25NO4. The van der Waals surface area contributed by atoms with E-state index in [0.717, 1.165) is 24.2 Å². The Morgan fingerprint density at radius 2 is 1.96 bits per heavy atom. The van der Waals surface area contributed by atoms with Crippen LogP contribution in [-0.4, -0.2) is 32.4 Å². The lowest BCUT2D eigenvalue weighted by molar-refractivity contribution is 0.244. The molecule has 0 spiro atoms. The summed E-state index contributed by atoms with van der Waals surface area (Å²) >= 11 is 0. The van der Waals surface area contributed by atoms with Crippen molar-refractivity contribution >= 4 is 5.88 Å². The Morgan fingerprint density at radius 3 is 2.61 bits per heavy atom. The van der Waals surface area contributed by atoms with E-state index in [1.807, 2.05) is 50.2 Å². The summed E-state index contributed by atoms with van der Waals surface area (Å²) in [5.74, 6) is 1.49. The van der Waals surface area contributed by atoms with Gasteiger partial charge in [0.05, 0.1) is 18.8 Å². The predicted molar refractivity (Wildman–Crippen MR) is 91.7 cm³/mol. The summed E-state index contributed by atoms with van der Waals surface area (Å²) < 4.78 is 16.8. The largest absolute Gasteiger partial charge is 0.501 e. The Morgan fingerprint density at radius 1 is 1.17 bits per heavy atom. The SMILES string of the molecule is CCCCOc1cccc(-c2c(N(C)C)oc(OCC)c2O)c1. The lowest BCUT2D eigenvalue weighted by atomic mass is 10.1. The Balaban J connectivity index is 2.38. The molecule has 1 heterocycles. The van der Waals surface area contributed by atoms with Crippen LogP contribution < -0.4 is 14.4 Å². The van der Waals surface area contributed by atoms with Gasteiger partial charge in [-0.1, -0.05) is 25.5 Å². The summed E-state index contributed by atoms with van der Waals surface area (Å²) in [5.41, 5.74) is 1.44. The number of benzene rings is 1. The smallest absolute Gasteiger partial charge is 0.330 e. The fourth-order valence-corrected chi connectivity index (χ4v) is 2.27. The van der Waals surface area contributed by atoms with Gasteiger partial charge in [0.25, 0.3) is 0 Å². The molecule has 0 aliphatic heterocycles. The molecule has 0 fully saturated rings. The van der Waals surface area contributed by atoms with E-state index >= 15 is 0 Å². The summed E-state index contributed by atoms with van der Waals surface area (Å²) in [6.45, 7) is 5.08. The van der Waals surface area contributed by atoms with Crippen molar-refractivity contribution < 1.29 is 19.0 Å². The van der Waals surface area contributed by atoms with Crippen LogP contribution in [0.4, 0.5) is 5.88 Å². The number of furan rings is 1. The van der Waals surface area contributed by atoms with Crippen LogP contribution in [0.1, 0.15) is 26.7 Å². The highest BCUT2D eigenvalue weighted by Crippen LogP contribution is 2.47. The highest BCUT2D eigenvalue weighted by molar-refractivity contribution is 5.83. The second-order valence-electron chi connectivity index (χ2n) is 5.48. The number of hydrogen-bond donors (Lipinski definition) is 1. The van der Waals surface area contributed by atoms with E-state index in [2.05, 4.69) is 6.92 Å². The number of nitrogens with zero attached hydrogens (tertiary/aromatic N) is 1. The van der Waals surface area contributed by atoms with Crippen molar-refractivity contribution in [2.75, 3.05) is 32.2 Å². The molecule has 0 saturated heterocycles. The maximum atomic E-state index is 10.5. The quantitative estimate of drug-likeness (QED) is 0.735. The van der Waals surface area contributed by atoms with Crippen molar-refractivity contribution in [3.05, 3.63) is 24.3 Å². The van der Waals surface area contributed by atoms with Gasteiger partial charge in [-0.3, -0.25) is 0 Å². The van der Waals surface area contributed by atoms with Gasteiger partial charge in [0, 0.05) is 14.1 Å². The summed E-state index contributed by atoms with van der Waals surface area (Å²) in [4.78, 5) is 1.81. The van der Waals surface area contributed by atoms with E-state index in [1.165, 1.54) is 0 Å².